The molecule has 4 rings (SSSR count). The van der Waals surface area contributed by atoms with Gasteiger partial charge in [0.25, 0.3) is 0 Å². The predicted molar refractivity (Wildman–Crippen MR) is 197 cm³/mol. The number of rotatable bonds is 19. The van der Waals surface area contributed by atoms with E-state index >= 15 is 0 Å². The van der Waals surface area contributed by atoms with Crippen molar-refractivity contribution in [1.29, 1.82) is 0 Å². The third kappa shape index (κ3) is 11.6. The number of phenolic OH excluding ortho intramolecular Hbond substituents is 1. The fourth-order valence-electron chi connectivity index (χ4n) is 5.70. The van der Waals surface area contributed by atoms with Crippen LogP contribution >= 0.6 is 0 Å². The maximum absolute atomic E-state index is 14.0. The molecule has 3 aromatic carbocycles. The van der Waals surface area contributed by atoms with Crippen LogP contribution in [0.5, 0.6) is 5.75 Å². The number of hydrogen-bond donors (Lipinski definition) is 9. The Labute approximate surface area is 296 Å². The first kappa shape index (κ1) is 37.9. The van der Waals surface area contributed by atoms with E-state index in [-0.39, 0.29) is 43.3 Å². The number of aliphatic imine (C=N–C) groups is 1. The summed E-state index contributed by atoms with van der Waals surface area (Å²) in [5.74, 6) is -2.33. The summed E-state index contributed by atoms with van der Waals surface area (Å²) in [6, 6.07) is 19.0. The summed E-state index contributed by atoms with van der Waals surface area (Å²) in [5.41, 5.74) is 26.2. The molecule has 14 heteroatoms. The first-order valence-corrected chi connectivity index (χ1v) is 16.9. The molecule has 0 aliphatic carbocycles. The van der Waals surface area contributed by atoms with Gasteiger partial charge in [-0.25, -0.2) is 0 Å². The Balaban J connectivity index is 1.58. The molecule has 0 aliphatic rings. The summed E-state index contributed by atoms with van der Waals surface area (Å²) in [4.78, 5) is 60.2. The van der Waals surface area contributed by atoms with Crippen molar-refractivity contribution in [2.45, 2.75) is 63.1 Å². The fourth-order valence-corrected chi connectivity index (χ4v) is 5.70. The lowest BCUT2D eigenvalue weighted by atomic mass is 9.99. The standard InChI is InChI=1S/C37H47N9O5/c38-17-6-10-33(48)44-32(20-26-22-43-29-16-15-27(47)21-28(26)29)36(51)46-31(19-23-11-13-25(14-12-23)24-7-2-1-3-8-24)35(50)45-30(34(39)49)9-4-5-18-42-37(40)41/h1-3,7-8,11-16,21-22,30-32,43,47H,4-6,9-10,17-20,38H2,(H2,39,49)(H,44,48)(H,45,50)(H,46,51)(H4,40,41,42)/t30-,31-,32-/m0/s1. The number of benzene rings is 3. The zero-order chi connectivity index (χ0) is 36.8. The summed E-state index contributed by atoms with van der Waals surface area (Å²) in [6.45, 7) is 0.653. The van der Waals surface area contributed by atoms with Crippen LogP contribution in [0.2, 0.25) is 0 Å². The van der Waals surface area contributed by atoms with Crippen LogP contribution in [-0.2, 0) is 32.0 Å². The molecule has 0 radical (unpaired) electrons. The second-order valence-electron chi connectivity index (χ2n) is 12.4. The lowest BCUT2D eigenvalue weighted by Crippen LogP contribution is -2.57. The number of H-pyrrole nitrogens is 1. The quantitative estimate of drug-likeness (QED) is 0.0393. The molecule has 0 spiro atoms. The Bertz CT molecular complexity index is 1800. The second-order valence-corrected chi connectivity index (χ2v) is 12.4. The minimum absolute atomic E-state index is 0.0400. The van der Waals surface area contributed by atoms with Crippen LogP contribution in [0.15, 0.2) is 84.0 Å². The smallest absolute Gasteiger partial charge is 0.243 e. The number of nitrogens with two attached hydrogens (primary N) is 4. The molecule has 0 fully saturated rings. The first-order valence-electron chi connectivity index (χ1n) is 16.9. The summed E-state index contributed by atoms with van der Waals surface area (Å²) in [5, 5.41) is 19.1. The van der Waals surface area contributed by atoms with Crippen LogP contribution in [0.3, 0.4) is 0 Å². The molecule has 0 unspecified atom stereocenters. The van der Waals surface area contributed by atoms with Crippen LogP contribution in [0, 0.1) is 0 Å². The van der Waals surface area contributed by atoms with Gasteiger partial charge in [0.05, 0.1) is 0 Å². The van der Waals surface area contributed by atoms with Crippen molar-refractivity contribution in [3.05, 3.63) is 90.1 Å². The molecule has 0 aliphatic heterocycles. The van der Waals surface area contributed by atoms with Gasteiger partial charge >= 0.3 is 0 Å². The van der Waals surface area contributed by atoms with Crippen LogP contribution < -0.4 is 38.9 Å². The lowest BCUT2D eigenvalue weighted by Gasteiger charge is -2.25. The van der Waals surface area contributed by atoms with Gasteiger partial charge < -0.3 is 49.0 Å². The molecule has 51 heavy (non-hydrogen) atoms. The summed E-state index contributed by atoms with van der Waals surface area (Å²) >= 11 is 0. The normalized spacial score (nSPS) is 12.7. The van der Waals surface area contributed by atoms with Crippen molar-refractivity contribution >= 4 is 40.5 Å². The molecule has 1 aromatic heterocycles. The number of carbonyl (C=O) groups is 4. The van der Waals surface area contributed by atoms with Crippen molar-refractivity contribution in [2.75, 3.05) is 13.1 Å². The van der Waals surface area contributed by atoms with Crippen molar-refractivity contribution < 1.29 is 24.3 Å². The summed E-state index contributed by atoms with van der Waals surface area (Å²) < 4.78 is 0. The molecule has 270 valence electrons. The number of aromatic nitrogens is 1. The molecule has 13 N–H and O–H groups in total. The topological polar surface area (TPSA) is 257 Å². The first-order chi connectivity index (χ1) is 24.5. The SMILES string of the molecule is NCCCC(=O)N[C@@H](Cc1c[nH]c2ccc(O)cc12)C(=O)N[C@@H](Cc1ccc(-c2ccccc2)cc1)C(=O)N[C@@H](CCCCN=C(N)N)C(N)=O. The Hall–Kier alpha value is -5.89. The molecular formula is C37H47N9O5. The lowest BCUT2D eigenvalue weighted by molar-refractivity contribution is -0.133. The molecule has 14 nitrogen and oxygen atoms in total. The number of carbonyl (C=O) groups excluding carboxylic acids is 4. The van der Waals surface area contributed by atoms with Gasteiger partial charge in [0, 0.05) is 42.9 Å². The number of amides is 4. The summed E-state index contributed by atoms with van der Waals surface area (Å²) in [7, 11) is 0. The van der Waals surface area contributed by atoms with Gasteiger partial charge in [-0.05, 0) is 72.7 Å². The molecular weight excluding hydrogens is 650 g/mol. The Morgan fingerprint density at radius 1 is 0.765 bits per heavy atom. The average Bonchev–Trinajstić information content (AvgIpc) is 3.51. The Kier molecular flexibility index (Phi) is 13.9. The van der Waals surface area contributed by atoms with E-state index in [0.717, 1.165) is 22.2 Å². The Morgan fingerprint density at radius 2 is 1.43 bits per heavy atom. The number of aromatic amines is 1. The Morgan fingerprint density at radius 3 is 2.10 bits per heavy atom. The van der Waals surface area contributed by atoms with Crippen molar-refractivity contribution in [3.8, 4) is 16.9 Å². The van der Waals surface area contributed by atoms with E-state index in [4.69, 9.17) is 22.9 Å². The number of guanidine groups is 1. The van der Waals surface area contributed by atoms with Crippen molar-refractivity contribution in [3.63, 3.8) is 0 Å². The van der Waals surface area contributed by atoms with Crippen LogP contribution in [0.1, 0.15) is 43.2 Å². The van der Waals surface area contributed by atoms with Crippen molar-refractivity contribution in [2.24, 2.45) is 27.9 Å². The van der Waals surface area contributed by atoms with Gasteiger partial charge in [-0.15, -0.1) is 0 Å². The highest BCUT2D eigenvalue weighted by atomic mass is 16.3. The van der Waals surface area contributed by atoms with E-state index in [0.29, 0.717) is 43.3 Å². The van der Waals surface area contributed by atoms with Gasteiger partial charge in [0.15, 0.2) is 5.96 Å². The van der Waals surface area contributed by atoms with Gasteiger partial charge in [-0.1, -0.05) is 54.6 Å². The number of nitrogens with zero attached hydrogens (tertiary/aromatic N) is 1. The third-order valence-electron chi connectivity index (χ3n) is 8.42. The minimum Gasteiger partial charge on any atom is -0.508 e. The number of phenols is 1. The maximum Gasteiger partial charge on any atom is 0.243 e. The van der Waals surface area contributed by atoms with E-state index in [1.807, 2.05) is 54.6 Å². The monoisotopic (exact) mass is 697 g/mol. The third-order valence-corrected chi connectivity index (χ3v) is 8.42. The predicted octanol–water partition coefficient (Wildman–Crippen LogP) is 1.45. The molecule has 1 heterocycles. The second kappa shape index (κ2) is 18.8. The number of nitrogens with one attached hydrogen (secondary N) is 4. The van der Waals surface area contributed by atoms with Crippen LogP contribution in [0.4, 0.5) is 0 Å². The van der Waals surface area contributed by atoms with Gasteiger partial charge in [-0.2, -0.15) is 0 Å². The van der Waals surface area contributed by atoms with E-state index in [9.17, 15) is 24.3 Å². The van der Waals surface area contributed by atoms with E-state index < -0.39 is 35.8 Å². The molecule has 0 saturated carbocycles. The molecule has 0 saturated heterocycles. The zero-order valence-corrected chi connectivity index (χ0v) is 28.4. The number of aromatic hydroxyl groups is 1. The molecule has 0 bridgehead atoms. The van der Waals surface area contributed by atoms with Gasteiger partial charge in [0.2, 0.25) is 23.6 Å². The van der Waals surface area contributed by atoms with E-state index in [1.165, 1.54) is 0 Å². The largest absolute Gasteiger partial charge is 0.508 e. The van der Waals surface area contributed by atoms with Gasteiger partial charge in [0.1, 0.15) is 23.9 Å². The van der Waals surface area contributed by atoms with Crippen LogP contribution in [0.25, 0.3) is 22.0 Å². The van der Waals surface area contributed by atoms with Gasteiger partial charge in [-0.3, -0.25) is 24.2 Å². The molecule has 4 amide bonds. The average molecular weight is 698 g/mol. The number of primary amides is 1. The molecule has 3 atom stereocenters. The summed E-state index contributed by atoms with van der Waals surface area (Å²) in [6.07, 6.45) is 3.67. The van der Waals surface area contributed by atoms with Crippen LogP contribution in [-0.4, -0.2) is 70.9 Å². The highest BCUT2D eigenvalue weighted by Crippen LogP contribution is 2.24. The maximum atomic E-state index is 14.0. The number of unbranched alkanes of at least 4 members (excludes halogenated alkanes) is 1. The minimum atomic E-state index is -1.14. The molecule has 4 aromatic rings. The van der Waals surface area contributed by atoms with E-state index in [2.05, 4.69) is 25.9 Å². The number of hydrogen-bond acceptors (Lipinski definition) is 7. The van der Waals surface area contributed by atoms with Crippen molar-refractivity contribution in [1.82, 2.24) is 20.9 Å². The highest BCUT2D eigenvalue weighted by molar-refractivity contribution is 5.95. The van der Waals surface area contributed by atoms with E-state index in [1.54, 1.807) is 24.4 Å². The fraction of sp³-hybridized carbons (Fsp3) is 0.324. The highest BCUT2D eigenvalue weighted by Gasteiger charge is 2.30. The zero-order valence-electron chi connectivity index (χ0n) is 28.4. The number of fused-ring (bicyclic) bond motifs is 1.